The minimum atomic E-state index is -4.39. The number of aromatic nitrogens is 2. The minimum absolute atomic E-state index is 0.119. The summed E-state index contributed by atoms with van der Waals surface area (Å²) in [5.41, 5.74) is 1.28. The predicted molar refractivity (Wildman–Crippen MR) is 85.5 cm³/mol. The van der Waals surface area contributed by atoms with Crippen LogP contribution in [0.15, 0.2) is 23.6 Å². The van der Waals surface area contributed by atoms with E-state index in [1.807, 2.05) is 19.2 Å². The van der Waals surface area contributed by atoms with Crippen LogP contribution in [0.3, 0.4) is 0 Å². The molecule has 0 aliphatic rings. The van der Waals surface area contributed by atoms with Crippen molar-refractivity contribution in [3.8, 4) is 10.7 Å². The zero-order valence-corrected chi connectivity index (χ0v) is 13.6. The van der Waals surface area contributed by atoms with E-state index in [1.165, 1.54) is 24.3 Å². The smallest absolute Gasteiger partial charge is 0.245 e. The summed E-state index contributed by atoms with van der Waals surface area (Å²) < 4.78 is 39.1. The third-order valence-corrected chi connectivity index (χ3v) is 4.55. The van der Waals surface area contributed by atoms with E-state index in [4.69, 9.17) is 0 Å². The number of nitrogens with zero attached hydrogens (tertiary/aromatic N) is 2. The summed E-state index contributed by atoms with van der Waals surface area (Å²) in [6, 6.07) is 7.18. The fourth-order valence-electron chi connectivity index (χ4n) is 2.35. The molecule has 0 spiro atoms. The number of thiazole rings is 1. The van der Waals surface area contributed by atoms with E-state index >= 15 is 0 Å². The highest BCUT2D eigenvalue weighted by molar-refractivity contribution is 7.13. The molecule has 119 valence electrons. The number of rotatable bonds is 2. The third-order valence-electron chi connectivity index (χ3n) is 3.67. The van der Waals surface area contributed by atoms with E-state index in [2.05, 4.69) is 16.0 Å². The maximum absolute atomic E-state index is 13.0. The van der Waals surface area contributed by atoms with E-state index in [-0.39, 0.29) is 5.56 Å². The fourth-order valence-corrected chi connectivity index (χ4v) is 3.29. The van der Waals surface area contributed by atoms with Crippen molar-refractivity contribution in [1.82, 2.24) is 9.97 Å². The molecule has 2 nitrogen and oxygen atoms in total. The standard InChI is InChI=1S/C17H14F3N2S/c1-9(2)14-8-23-16(22-14)13-7-5-11-4-6-12(17(18,19)20)10(3)15(11)21-13/h4,6-9H,1-3H3. The van der Waals surface area contributed by atoms with Gasteiger partial charge in [0.25, 0.3) is 0 Å². The molecule has 23 heavy (non-hydrogen) atoms. The number of halogens is 3. The van der Waals surface area contributed by atoms with Crippen molar-refractivity contribution in [3.63, 3.8) is 0 Å². The van der Waals surface area contributed by atoms with Crippen LogP contribution in [0.1, 0.15) is 36.6 Å². The van der Waals surface area contributed by atoms with Crippen LogP contribution in [0.2, 0.25) is 0 Å². The van der Waals surface area contributed by atoms with E-state index in [9.17, 15) is 13.2 Å². The topological polar surface area (TPSA) is 25.8 Å². The summed E-state index contributed by atoms with van der Waals surface area (Å²) in [6.07, 6.45) is -4.39. The van der Waals surface area contributed by atoms with Gasteiger partial charge in [0.1, 0.15) is 10.7 Å². The summed E-state index contributed by atoms with van der Waals surface area (Å²) in [7, 11) is 0. The van der Waals surface area contributed by atoms with Gasteiger partial charge >= 0.3 is 6.18 Å². The Kier molecular flexibility index (Phi) is 3.88. The first-order chi connectivity index (χ1) is 10.8. The second-order valence-electron chi connectivity index (χ2n) is 5.65. The van der Waals surface area contributed by atoms with E-state index < -0.39 is 11.7 Å². The molecule has 3 aromatic rings. The molecule has 3 rings (SSSR count). The molecule has 0 N–H and O–H groups in total. The van der Waals surface area contributed by atoms with Gasteiger partial charge in [0.2, 0.25) is 0 Å². The molecule has 0 aliphatic heterocycles. The quantitative estimate of drug-likeness (QED) is 0.608. The molecule has 1 radical (unpaired) electrons. The zero-order chi connectivity index (χ0) is 16.8. The lowest BCUT2D eigenvalue weighted by Gasteiger charge is -2.12. The second kappa shape index (κ2) is 5.60. The van der Waals surface area contributed by atoms with Crippen molar-refractivity contribution < 1.29 is 13.2 Å². The molecule has 0 aliphatic carbocycles. The van der Waals surface area contributed by atoms with Crippen molar-refractivity contribution >= 4 is 22.2 Å². The first-order valence-corrected chi connectivity index (χ1v) is 8.00. The van der Waals surface area contributed by atoms with Gasteiger partial charge < -0.3 is 0 Å². The number of benzene rings is 1. The van der Waals surface area contributed by atoms with Gasteiger partial charge in [0, 0.05) is 10.8 Å². The van der Waals surface area contributed by atoms with Crippen LogP contribution in [-0.2, 0) is 6.18 Å². The van der Waals surface area contributed by atoms with Crippen LogP contribution >= 0.6 is 11.3 Å². The summed E-state index contributed by atoms with van der Waals surface area (Å²) in [5, 5.41) is 3.22. The summed E-state index contributed by atoms with van der Waals surface area (Å²) in [5.74, 6) is 0.294. The molecule has 2 heterocycles. The van der Waals surface area contributed by atoms with Crippen LogP contribution < -0.4 is 0 Å². The van der Waals surface area contributed by atoms with Crippen molar-refractivity contribution in [2.45, 2.75) is 32.9 Å². The summed E-state index contributed by atoms with van der Waals surface area (Å²) in [4.78, 5) is 8.91. The van der Waals surface area contributed by atoms with Crippen LogP contribution in [0.4, 0.5) is 13.2 Å². The highest BCUT2D eigenvalue weighted by Crippen LogP contribution is 2.35. The molecule has 0 saturated heterocycles. The Morgan fingerprint density at radius 2 is 1.91 bits per heavy atom. The Hall–Kier alpha value is -1.95. The van der Waals surface area contributed by atoms with Crippen molar-refractivity contribution in [2.75, 3.05) is 0 Å². The maximum Gasteiger partial charge on any atom is 0.416 e. The highest BCUT2D eigenvalue weighted by Gasteiger charge is 2.33. The van der Waals surface area contributed by atoms with Gasteiger partial charge in [-0.15, -0.1) is 11.3 Å². The minimum Gasteiger partial charge on any atom is -0.245 e. The lowest BCUT2D eigenvalue weighted by atomic mass is 10.0. The number of hydrogen-bond donors (Lipinski definition) is 0. The second-order valence-corrected chi connectivity index (χ2v) is 6.51. The Morgan fingerprint density at radius 3 is 2.52 bits per heavy atom. The van der Waals surface area contributed by atoms with Crippen LogP contribution in [0, 0.1) is 13.0 Å². The van der Waals surface area contributed by atoms with Crippen molar-refractivity contribution in [3.05, 3.63) is 46.5 Å². The van der Waals surface area contributed by atoms with Crippen molar-refractivity contribution in [2.24, 2.45) is 0 Å². The van der Waals surface area contributed by atoms with E-state index in [0.717, 1.165) is 11.8 Å². The largest absolute Gasteiger partial charge is 0.416 e. The molecule has 0 bridgehead atoms. The van der Waals surface area contributed by atoms with Gasteiger partial charge in [-0.1, -0.05) is 19.9 Å². The third kappa shape index (κ3) is 2.95. The van der Waals surface area contributed by atoms with Gasteiger partial charge in [-0.05, 0) is 36.6 Å². The van der Waals surface area contributed by atoms with Gasteiger partial charge in [-0.25, -0.2) is 9.97 Å². The summed E-state index contributed by atoms with van der Waals surface area (Å²) >= 11 is 1.44. The average molecular weight is 335 g/mol. The Morgan fingerprint density at radius 1 is 1.17 bits per heavy atom. The fraction of sp³-hybridized carbons (Fsp3) is 0.294. The molecular formula is C17H14F3N2S. The maximum atomic E-state index is 13.0. The summed E-state index contributed by atoms with van der Waals surface area (Å²) in [6.45, 7) is 5.52. The zero-order valence-electron chi connectivity index (χ0n) is 12.8. The molecule has 0 saturated carbocycles. The lowest BCUT2D eigenvalue weighted by Crippen LogP contribution is -2.08. The molecule has 2 aromatic heterocycles. The number of alkyl halides is 3. The van der Waals surface area contributed by atoms with Crippen LogP contribution in [-0.4, -0.2) is 9.97 Å². The molecule has 0 unspecified atom stereocenters. The molecular weight excluding hydrogens is 321 g/mol. The van der Waals surface area contributed by atoms with Gasteiger partial charge in [0.05, 0.1) is 16.8 Å². The normalized spacial score (nSPS) is 12.3. The average Bonchev–Trinajstić information content (AvgIpc) is 2.96. The molecule has 1 aromatic carbocycles. The first kappa shape index (κ1) is 15.9. The van der Waals surface area contributed by atoms with Gasteiger partial charge in [-0.2, -0.15) is 13.2 Å². The van der Waals surface area contributed by atoms with Gasteiger partial charge in [-0.3, -0.25) is 0 Å². The predicted octanol–water partition coefficient (Wildman–Crippen LogP) is 5.61. The van der Waals surface area contributed by atoms with E-state index in [0.29, 0.717) is 27.5 Å². The molecule has 0 amide bonds. The number of fused-ring (bicyclic) bond motifs is 1. The first-order valence-electron chi connectivity index (χ1n) is 7.12. The van der Waals surface area contributed by atoms with Crippen LogP contribution in [0.5, 0.6) is 0 Å². The number of pyridine rings is 1. The number of hydrogen-bond acceptors (Lipinski definition) is 3. The van der Waals surface area contributed by atoms with Crippen molar-refractivity contribution in [1.29, 1.82) is 0 Å². The van der Waals surface area contributed by atoms with E-state index in [1.54, 1.807) is 6.07 Å². The molecule has 6 heteroatoms. The Balaban J connectivity index is 2.15. The van der Waals surface area contributed by atoms with Gasteiger partial charge in [0.15, 0.2) is 0 Å². The molecule has 0 atom stereocenters. The monoisotopic (exact) mass is 335 g/mol. The lowest BCUT2D eigenvalue weighted by molar-refractivity contribution is -0.137. The SMILES string of the molecule is Cc1c(C(F)(F)F)ccc2[c]cc(-c3nc(C(C)C)cs3)nc12. The molecule has 0 fully saturated rings. The highest BCUT2D eigenvalue weighted by atomic mass is 32.1. The number of aryl methyl sites for hydroxylation is 1. The Bertz CT molecular complexity index is 866. The Labute approximate surface area is 136 Å². The van der Waals surface area contributed by atoms with Crippen LogP contribution in [0.25, 0.3) is 21.6 Å².